The van der Waals surface area contributed by atoms with E-state index in [4.69, 9.17) is 9.47 Å². The molecule has 0 aliphatic carbocycles. The summed E-state index contributed by atoms with van der Waals surface area (Å²) in [7, 11) is 0. The third kappa shape index (κ3) is 5.96. The fourth-order valence-electron chi connectivity index (χ4n) is 2.81. The van der Waals surface area contributed by atoms with E-state index in [-0.39, 0.29) is 41.4 Å². The molecule has 0 aliphatic heterocycles. The topological polar surface area (TPSA) is 114 Å². The predicted molar refractivity (Wildman–Crippen MR) is 132 cm³/mol. The fraction of sp³-hybridized carbons (Fsp3) is 0.273. The summed E-state index contributed by atoms with van der Waals surface area (Å²) in [6.07, 6.45) is 1.15. The van der Waals surface area contributed by atoms with Crippen LogP contribution in [0.1, 0.15) is 49.9 Å². The van der Waals surface area contributed by atoms with Gasteiger partial charge in [-0.25, -0.2) is 9.59 Å². The number of nitriles is 1. The largest absolute Gasteiger partial charge is 0.506 e. The number of nitrogens with zero attached hydrogens (tertiary/aromatic N) is 1. The van der Waals surface area contributed by atoms with Crippen LogP contribution in [0.15, 0.2) is 22.2 Å². The molecule has 1 heterocycles. The molecule has 0 bridgehead atoms. The lowest BCUT2D eigenvalue weighted by molar-refractivity contribution is -0.114. The molecule has 0 aliphatic rings. The number of phenolic OH excluding ortho intramolecular Hbond substituents is 1. The molecule has 1 aromatic carbocycles. The van der Waals surface area contributed by atoms with Crippen molar-refractivity contribution in [3.63, 3.8) is 0 Å². The SMILES string of the molecule is CCOC(=O)c1sc(CC(=O)/C(C#N)=C/c2cc(Br)c(O)c(I)c2)c(C(=O)OCC)c1C. The molecule has 2 rings (SSSR count). The van der Waals surface area contributed by atoms with Crippen LogP contribution in [0.4, 0.5) is 0 Å². The van der Waals surface area contributed by atoms with Crippen LogP contribution in [-0.2, 0) is 20.7 Å². The summed E-state index contributed by atoms with van der Waals surface area (Å²) < 4.78 is 11.1. The van der Waals surface area contributed by atoms with Gasteiger partial charge in [0.05, 0.1) is 32.4 Å². The van der Waals surface area contributed by atoms with Gasteiger partial charge in [-0.05, 0) is 88.6 Å². The van der Waals surface area contributed by atoms with E-state index < -0.39 is 17.7 Å². The maximum absolute atomic E-state index is 12.9. The number of phenols is 1. The molecular formula is C22H19BrINO6S. The van der Waals surface area contributed by atoms with Gasteiger partial charge < -0.3 is 14.6 Å². The number of thiophene rings is 1. The third-order valence-electron chi connectivity index (χ3n) is 4.25. The summed E-state index contributed by atoms with van der Waals surface area (Å²) in [4.78, 5) is 38.3. The van der Waals surface area contributed by atoms with E-state index >= 15 is 0 Å². The number of hydrogen-bond donors (Lipinski definition) is 1. The minimum atomic E-state index is -0.640. The first-order valence-electron chi connectivity index (χ1n) is 9.43. The number of Topliss-reactive ketones (excluding diaryl/α,β-unsaturated/α-hetero) is 1. The Kier molecular flexibility index (Phi) is 9.42. The Morgan fingerprint density at radius 1 is 1.22 bits per heavy atom. The van der Waals surface area contributed by atoms with Crippen molar-refractivity contribution in [1.82, 2.24) is 0 Å². The highest BCUT2D eigenvalue weighted by molar-refractivity contribution is 14.1. The average Bonchev–Trinajstić information content (AvgIpc) is 3.06. The highest BCUT2D eigenvalue weighted by atomic mass is 127. The highest BCUT2D eigenvalue weighted by Gasteiger charge is 2.28. The van der Waals surface area contributed by atoms with Gasteiger partial charge in [0.15, 0.2) is 5.78 Å². The number of rotatable bonds is 8. The van der Waals surface area contributed by atoms with E-state index in [9.17, 15) is 24.8 Å². The second-order valence-electron chi connectivity index (χ2n) is 6.40. The van der Waals surface area contributed by atoms with Gasteiger partial charge in [0.1, 0.15) is 16.7 Å². The summed E-state index contributed by atoms with van der Waals surface area (Å²) in [6, 6.07) is 5.10. The zero-order valence-electron chi connectivity index (χ0n) is 17.5. The van der Waals surface area contributed by atoms with Crippen molar-refractivity contribution in [2.45, 2.75) is 27.2 Å². The Labute approximate surface area is 211 Å². The zero-order chi connectivity index (χ0) is 24.0. The molecule has 0 fully saturated rings. The average molecular weight is 632 g/mol. The second-order valence-corrected chi connectivity index (χ2v) is 9.52. The summed E-state index contributed by atoms with van der Waals surface area (Å²) in [5.74, 6) is -1.68. The van der Waals surface area contributed by atoms with E-state index in [2.05, 4.69) is 15.9 Å². The first kappa shape index (κ1) is 26.0. The van der Waals surface area contributed by atoms with E-state index in [1.165, 1.54) is 6.08 Å². The molecule has 0 saturated heterocycles. The fourth-order valence-corrected chi connectivity index (χ4v) is 5.50. The van der Waals surface area contributed by atoms with Crippen LogP contribution in [0, 0.1) is 21.8 Å². The van der Waals surface area contributed by atoms with Gasteiger partial charge in [0.25, 0.3) is 0 Å². The number of allylic oxidation sites excluding steroid dienone is 1. The van der Waals surface area contributed by atoms with Crippen molar-refractivity contribution in [2.24, 2.45) is 0 Å². The molecule has 0 unspecified atom stereocenters. The predicted octanol–water partition coefficient (Wildman–Crippen LogP) is 5.20. The van der Waals surface area contributed by atoms with E-state index in [0.717, 1.165) is 11.3 Å². The number of ketones is 1. The maximum Gasteiger partial charge on any atom is 0.348 e. The van der Waals surface area contributed by atoms with E-state index in [1.54, 1.807) is 32.9 Å². The van der Waals surface area contributed by atoms with Crippen molar-refractivity contribution in [3.05, 3.63) is 52.2 Å². The van der Waals surface area contributed by atoms with Gasteiger partial charge in [0.2, 0.25) is 0 Å². The number of halogens is 2. The molecule has 1 N–H and O–H groups in total. The van der Waals surface area contributed by atoms with Gasteiger partial charge >= 0.3 is 11.9 Å². The van der Waals surface area contributed by atoms with Crippen LogP contribution < -0.4 is 0 Å². The molecule has 0 atom stereocenters. The monoisotopic (exact) mass is 631 g/mol. The highest BCUT2D eigenvalue weighted by Crippen LogP contribution is 2.33. The number of benzene rings is 1. The van der Waals surface area contributed by atoms with Gasteiger partial charge in [-0.2, -0.15) is 5.26 Å². The van der Waals surface area contributed by atoms with Gasteiger partial charge in [-0.1, -0.05) is 0 Å². The van der Waals surface area contributed by atoms with Crippen molar-refractivity contribution in [1.29, 1.82) is 5.26 Å². The zero-order valence-corrected chi connectivity index (χ0v) is 22.0. The Morgan fingerprint density at radius 3 is 2.41 bits per heavy atom. The molecule has 0 radical (unpaired) electrons. The summed E-state index contributed by atoms with van der Waals surface area (Å²) in [5, 5.41) is 19.4. The second kappa shape index (κ2) is 11.6. The van der Waals surface area contributed by atoms with Crippen LogP contribution in [0.2, 0.25) is 0 Å². The number of hydrogen-bond acceptors (Lipinski definition) is 8. The molecule has 168 valence electrons. The lowest BCUT2D eigenvalue weighted by atomic mass is 10.0. The lowest BCUT2D eigenvalue weighted by Crippen LogP contribution is -2.12. The Hall–Kier alpha value is -2.23. The van der Waals surface area contributed by atoms with Crippen LogP contribution >= 0.6 is 49.9 Å². The molecule has 32 heavy (non-hydrogen) atoms. The summed E-state index contributed by atoms with van der Waals surface area (Å²) in [6.45, 7) is 5.23. The smallest absolute Gasteiger partial charge is 0.348 e. The normalized spacial score (nSPS) is 11.1. The van der Waals surface area contributed by atoms with Crippen molar-refractivity contribution < 1.29 is 29.0 Å². The van der Waals surface area contributed by atoms with Crippen LogP contribution in [-0.4, -0.2) is 36.0 Å². The number of ether oxygens (including phenoxy) is 2. The number of carbonyl (C=O) groups excluding carboxylic acids is 3. The van der Waals surface area contributed by atoms with Crippen LogP contribution in [0.5, 0.6) is 5.75 Å². The molecule has 0 amide bonds. The third-order valence-corrected chi connectivity index (χ3v) is 6.95. The van der Waals surface area contributed by atoms with Crippen LogP contribution in [0.3, 0.4) is 0 Å². The quantitative estimate of drug-likeness (QED) is 0.184. The maximum atomic E-state index is 12.9. The minimum absolute atomic E-state index is 0.0622. The van der Waals surface area contributed by atoms with Crippen molar-refractivity contribution in [2.75, 3.05) is 13.2 Å². The lowest BCUT2D eigenvalue weighted by Gasteiger charge is -2.06. The first-order chi connectivity index (χ1) is 15.1. The minimum Gasteiger partial charge on any atom is -0.506 e. The molecule has 10 heteroatoms. The Morgan fingerprint density at radius 2 is 1.84 bits per heavy atom. The molecule has 7 nitrogen and oxygen atoms in total. The molecular weight excluding hydrogens is 613 g/mol. The molecule has 2 aromatic rings. The number of aromatic hydroxyl groups is 1. The number of esters is 2. The van der Waals surface area contributed by atoms with Crippen molar-refractivity contribution in [3.8, 4) is 11.8 Å². The van der Waals surface area contributed by atoms with Crippen molar-refractivity contribution >= 4 is 73.7 Å². The standard InChI is InChI=1S/C22H19BrINO6S/c1-4-30-21(28)18-11(3)20(22(29)31-5-2)32-17(18)9-16(26)13(10-25)6-12-7-14(23)19(27)15(24)8-12/h6-8,27H,4-5,9H2,1-3H3/b13-6+. The molecule has 1 aromatic heterocycles. The summed E-state index contributed by atoms with van der Waals surface area (Å²) >= 11 is 6.15. The molecule has 0 saturated carbocycles. The first-order valence-corrected chi connectivity index (χ1v) is 12.1. The summed E-state index contributed by atoms with van der Waals surface area (Å²) in [5.41, 5.74) is 0.947. The molecule has 0 spiro atoms. The van der Waals surface area contributed by atoms with E-state index in [0.29, 0.717) is 24.0 Å². The van der Waals surface area contributed by atoms with E-state index in [1.807, 2.05) is 28.7 Å². The van der Waals surface area contributed by atoms with Gasteiger partial charge in [-0.3, -0.25) is 4.79 Å². The van der Waals surface area contributed by atoms with Gasteiger partial charge in [-0.15, -0.1) is 11.3 Å². The van der Waals surface area contributed by atoms with Gasteiger partial charge in [0, 0.05) is 11.3 Å². The number of carbonyl (C=O) groups is 3. The van der Waals surface area contributed by atoms with Crippen LogP contribution in [0.25, 0.3) is 6.08 Å². The Bertz CT molecular complexity index is 1130. The Balaban J connectivity index is 2.46.